The predicted molar refractivity (Wildman–Crippen MR) is 93.8 cm³/mol. The van der Waals surface area contributed by atoms with E-state index in [9.17, 15) is 0 Å². The zero-order valence-electron chi connectivity index (χ0n) is 15.4. The lowest BCUT2D eigenvalue weighted by Crippen LogP contribution is -2.47. The van der Waals surface area contributed by atoms with Crippen molar-refractivity contribution in [2.75, 3.05) is 45.9 Å². The van der Waals surface area contributed by atoms with Gasteiger partial charge in [-0.3, -0.25) is 4.90 Å². The van der Waals surface area contributed by atoms with Crippen molar-refractivity contribution < 1.29 is 4.74 Å². The Bertz CT molecular complexity index is 524. The number of ether oxygens (including phenoxy) is 1. The first-order valence-corrected chi connectivity index (χ1v) is 9.12. The van der Waals surface area contributed by atoms with Gasteiger partial charge in [0.1, 0.15) is 11.6 Å². The van der Waals surface area contributed by atoms with E-state index >= 15 is 0 Å². The summed E-state index contributed by atoms with van der Waals surface area (Å²) in [6, 6.07) is 0. The van der Waals surface area contributed by atoms with Gasteiger partial charge in [0.25, 0.3) is 0 Å². The van der Waals surface area contributed by atoms with Gasteiger partial charge in [-0.15, -0.1) is 10.2 Å². The normalized spacial score (nSPS) is 22.2. The van der Waals surface area contributed by atoms with Crippen molar-refractivity contribution in [3.63, 3.8) is 0 Å². The van der Waals surface area contributed by atoms with Gasteiger partial charge in [0.15, 0.2) is 0 Å². The van der Waals surface area contributed by atoms with Crippen LogP contribution < -0.4 is 5.73 Å². The first kappa shape index (κ1) is 17.8. The molecule has 0 spiro atoms. The largest absolute Gasteiger partial charge is 0.379 e. The van der Waals surface area contributed by atoms with Crippen molar-refractivity contribution in [3.05, 3.63) is 11.6 Å². The standard InChI is InChI=1S/C17H32N6O/c1-17(2,18)13-23-6-4-14(5-7-23)16-20-19-15(21(16)3)12-22-8-10-24-11-9-22/h14H,4-13,18H2,1-3H3. The Hall–Kier alpha value is -1.02. The third-order valence-electron chi connectivity index (χ3n) is 5.05. The van der Waals surface area contributed by atoms with E-state index in [0.717, 1.165) is 77.0 Å². The lowest BCUT2D eigenvalue weighted by atomic mass is 9.94. The molecule has 7 heteroatoms. The SMILES string of the molecule is Cn1c(CN2CCOCC2)nnc1C1CCN(CC(C)(C)N)CC1. The highest BCUT2D eigenvalue weighted by molar-refractivity contribution is 5.03. The molecular formula is C17H32N6O. The number of likely N-dealkylation sites (tertiary alicyclic amines) is 1. The molecule has 3 rings (SSSR count). The van der Waals surface area contributed by atoms with Crippen LogP contribution in [0.15, 0.2) is 0 Å². The van der Waals surface area contributed by atoms with Gasteiger partial charge < -0.3 is 19.9 Å². The minimum atomic E-state index is -0.122. The summed E-state index contributed by atoms with van der Waals surface area (Å²) in [5.41, 5.74) is 6.02. The molecule has 0 bridgehead atoms. The summed E-state index contributed by atoms with van der Waals surface area (Å²) in [4.78, 5) is 4.87. The molecule has 0 radical (unpaired) electrons. The molecule has 2 saturated heterocycles. The topological polar surface area (TPSA) is 72.4 Å². The minimum absolute atomic E-state index is 0.122. The maximum absolute atomic E-state index is 6.15. The molecule has 0 atom stereocenters. The molecule has 3 heterocycles. The molecule has 2 fully saturated rings. The Morgan fingerprint density at radius 1 is 1.08 bits per heavy atom. The second-order valence-electron chi connectivity index (χ2n) is 7.96. The van der Waals surface area contributed by atoms with E-state index in [2.05, 4.69) is 45.5 Å². The highest BCUT2D eigenvalue weighted by atomic mass is 16.5. The van der Waals surface area contributed by atoms with Crippen LogP contribution in [0.5, 0.6) is 0 Å². The van der Waals surface area contributed by atoms with Crippen molar-refractivity contribution in [2.45, 2.75) is 44.7 Å². The van der Waals surface area contributed by atoms with Crippen LogP contribution in [0.2, 0.25) is 0 Å². The third kappa shape index (κ3) is 4.53. The van der Waals surface area contributed by atoms with Gasteiger partial charge in [0.2, 0.25) is 0 Å². The first-order chi connectivity index (χ1) is 11.4. The van der Waals surface area contributed by atoms with Crippen LogP contribution in [-0.2, 0) is 18.3 Å². The number of nitrogens with zero attached hydrogens (tertiary/aromatic N) is 5. The summed E-state index contributed by atoms with van der Waals surface area (Å²) >= 11 is 0. The van der Waals surface area contributed by atoms with Crippen LogP contribution in [0, 0.1) is 0 Å². The van der Waals surface area contributed by atoms with Gasteiger partial charge in [-0.25, -0.2) is 0 Å². The first-order valence-electron chi connectivity index (χ1n) is 9.12. The van der Waals surface area contributed by atoms with Crippen LogP contribution in [0.4, 0.5) is 0 Å². The summed E-state index contributed by atoms with van der Waals surface area (Å²) in [5.74, 6) is 2.72. The van der Waals surface area contributed by atoms with E-state index in [1.54, 1.807) is 0 Å². The van der Waals surface area contributed by atoms with Gasteiger partial charge in [0.05, 0.1) is 19.8 Å². The molecule has 0 aromatic carbocycles. The van der Waals surface area contributed by atoms with E-state index in [0.29, 0.717) is 5.92 Å². The lowest BCUT2D eigenvalue weighted by Gasteiger charge is -2.35. The molecule has 0 saturated carbocycles. The average Bonchev–Trinajstić information content (AvgIpc) is 2.89. The Kier molecular flexibility index (Phi) is 5.54. The molecule has 2 aliphatic rings. The number of piperidine rings is 1. The van der Waals surface area contributed by atoms with Gasteiger partial charge in [0, 0.05) is 38.1 Å². The Labute approximate surface area is 145 Å². The number of hydrogen-bond acceptors (Lipinski definition) is 6. The fourth-order valence-corrected chi connectivity index (χ4v) is 3.75. The predicted octanol–water partition coefficient (Wildman–Crippen LogP) is 0.564. The summed E-state index contributed by atoms with van der Waals surface area (Å²) in [5, 5.41) is 8.98. The van der Waals surface area contributed by atoms with Crippen LogP contribution in [-0.4, -0.2) is 76.0 Å². The van der Waals surface area contributed by atoms with Crippen LogP contribution in [0.3, 0.4) is 0 Å². The number of nitrogens with two attached hydrogens (primary N) is 1. The summed E-state index contributed by atoms with van der Waals surface area (Å²) < 4.78 is 7.63. The zero-order valence-corrected chi connectivity index (χ0v) is 15.4. The smallest absolute Gasteiger partial charge is 0.146 e. The van der Waals surface area contributed by atoms with E-state index in [-0.39, 0.29) is 5.54 Å². The summed E-state index contributed by atoms with van der Waals surface area (Å²) in [6.07, 6.45) is 2.28. The molecule has 0 aliphatic carbocycles. The highest BCUT2D eigenvalue weighted by Crippen LogP contribution is 2.27. The van der Waals surface area contributed by atoms with Gasteiger partial charge in [-0.05, 0) is 39.8 Å². The van der Waals surface area contributed by atoms with Gasteiger partial charge in [-0.1, -0.05) is 0 Å². The van der Waals surface area contributed by atoms with E-state index in [4.69, 9.17) is 10.5 Å². The molecule has 1 aromatic heterocycles. The molecule has 0 amide bonds. The van der Waals surface area contributed by atoms with Crippen molar-refractivity contribution in [1.29, 1.82) is 0 Å². The molecule has 2 aliphatic heterocycles. The van der Waals surface area contributed by atoms with Crippen molar-refractivity contribution in [3.8, 4) is 0 Å². The maximum atomic E-state index is 6.15. The molecule has 1 aromatic rings. The van der Waals surface area contributed by atoms with Gasteiger partial charge in [-0.2, -0.15) is 0 Å². The Morgan fingerprint density at radius 3 is 2.38 bits per heavy atom. The van der Waals surface area contributed by atoms with Crippen LogP contribution >= 0.6 is 0 Å². The minimum Gasteiger partial charge on any atom is -0.379 e. The van der Waals surface area contributed by atoms with Crippen molar-refractivity contribution in [1.82, 2.24) is 24.6 Å². The summed E-state index contributed by atoms with van der Waals surface area (Å²) in [6.45, 7) is 11.8. The van der Waals surface area contributed by atoms with Crippen molar-refractivity contribution in [2.24, 2.45) is 12.8 Å². The zero-order chi connectivity index (χ0) is 17.2. The average molecular weight is 336 g/mol. The van der Waals surface area contributed by atoms with Gasteiger partial charge >= 0.3 is 0 Å². The Morgan fingerprint density at radius 2 is 1.75 bits per heavy atom. The number of rotatable bonds is 5. The lowest BCUT2D eigenvalue weighted by molar-refractivity contribution is 0.0326. The summed E-state index contributed by atoms with van der Waals surface area (Å²) in [7, 11) is 2.11. The van der Waals surface area contributed by atoms with Crippen LogP contribution in [0.25, 0.3) is 0 Å². The molecule has 7 nitrogen and oxygen atoms in total. The quantitative estimate of drug-likeness (QED) is 0.847. The molecular weight excluding hydrogens is 304 g/mol. The fraction of sp³-hybridized carbons (Fsp3) is 0.882. The second kappa shape index (κ2) is 7.47. The number of morpholine rings is 1. The third-order valence-corrected chi connectivity index (χ3v) is 5.05. The second-order valence-corrected chi connectivity index (χ2v) is 7.96. The Balaban J connectivity index is 1.56. The van der Waals surface area contributed by atoms with Crippen molar-refractivity contribution >= 4 is 0 Å². The fourth-order valence-electron chi connectivity index (χ4n) is 3.75. The number of aromatic nitrogens is 3. The molecule has 2 N–H and O–H groups in total. The molecule has 24 heavy (non-hydrogen) atoms. The number of hydrogen-bond donors (Lipinski definition) is 1. The molecule has 0 unspecified atom stereocenters. The van der Waals surface area contributed by atoms with Crippen LogP contribution in [0.1, 0.15) is 44.3 Å². The van der Waals surface area contributed by atoms with E-state index < -0.39 is 0 Å². The maximum Gasteiger partial charge on any atom is 0.146 e. The van der Waals surface area contributed by atoms with E-state index in [1.165, 1.54) is 0 Å². The monoisotopic (exact) mass is 336 g/mol. The van der Waals surface area contributed by atoms with E-state index in [1.807, 2.05) is 0 Å². The molecule has 136 valence electrons. The highest BCUT2D eigenvalue weighted by Gasteiger charge is 2.27.